The highest BCUT2D eigenvalue weighted by Gasteiger charge is 2.48. The highest BCUT2D eigenvalue weighted by Crippen LogP contribution is 2.42. The average molecular weight is 447 g/mol. The molecule has 0 radical (unpaired) electrons. The number of amides is 1. The van der Waals surface area contributed by atoms with Crippen LogP contribution in [0.4, 0.5) is 11.8 Å². The van der Waals surface area contributed by atoms with Crippen LogP contribution >= 0.6 is 0 Å². The predicted octanol–water partition coefficient (Wildman–Crippen LogP) is 2.00. The van der Waals surface area contributed by atoms with Crippen LogP contribution in [0.15, 0.2) is 36.4 Å². The van der Waals surface area contributed by atoms with Gasteiger partial charge in [0.1, 0.15) is 5.82 Å². The van der Waals surface area contributed by atoms with Crippen molar-refractivity contribution in [2.45, 2.75) is 18.4 Å². The summed E-state index contributed by atoms with van der Waals surface area (Å²) in [6, 6.07) is 11.2. The fraction of sp³-hybridized carbons (Fsp3) is 0.417. The van der Waals surface area contributed by atoms with Crippen molar-refractivity contribution in [2.24, 2.45) is 5.73 Å². The van der Waals surface area contributed by atoms with Crippen molar-refractivity contribution in [3.63, 3.8) is 0 Å². The number of morpholine rings is 2. The van der Waals surface area contributed by atoms with Crippen molar-refractivity contribution in [2.75, 3.05) is 55.8 Å². The molecule has 170 valence electrons. The molecule has 1 aromatic carbocycles. The predicted molar refractivity (Wildman–Crippen MR) is 124 cm³/mol. The first-order chi connectivity index (χ1) is 16.1. The van der Waals surface area contributed by atoms with Gasteiger partial charge in [0.25, 0.3) is 0 Å². The Bertz CT molecular complexity index is 1220. The monoisotopic (exact) mass is 446 g/mol. The normalized spacial score (nSPS) is 19.8. The summed E-state index contributed by atoms with van der Waals surface area (Å²) >= 11 is 0. The molecular weight excluding hydrogens is 420 g/mol. The molecule has 3 aliphatic rings. The Balaban J connectivity index is 1.45. The molecule has 0 bridgehead atoms. The first-order valence-corrected chi connectivity index (χ1v) is 11.4. The minimum absolute atomic E-state index is 0.0276. The van der Waals surface area contributed by atoms with Crippen LogP contribution in [0.5, 0.6) is 0 Å². The molecule has 4 heterocycles. The van der Waals surface area contributed by atoms with Crippen LogP contribution < -0.4 is 15.5 Å². The van der Waals surface area contributed by atoms with Gasteiger partial charge in [-0.1, -0.05) is 12.1 Å². The Morgan fingerprint density at radius 3 is 2.58 bits per heavy atom. The Hall–Kier alpha value is -3.30. The van der Waals surface area contributed by atoms with Gasteiger partial charge in [-0.3, -0.25) is 4.79 Å². The maximum atomic E-state index is 11.6. The molecule has 3 aromatic rings. The van der Waals surface area contributed by atoms with E-state index in [1.807, 2.05) is 24.3 Å². The van der Waals surface area contributed by atoms with Gasteiger partial charge in [-0.2, -0.15) is 9.97 Å². The van der Waals surface area contributed by atoms with Gasteiger partial charge in [-0.25, -0.2) is 4.98 Å². The second-order valence-corrected chi connectivity index (χ2v) is 8.91. The molecule has 33 heavy (non-hydrogen) atoms. The number of primary amides is 1. The summed E-state index contributed by atoms with van der Waals surface area (Å²) < 4.78 is 11.5. The van der Waals surface area contributed by atoms with Gasteiger partial charge in [0.05, 0.1) is 36.5 Å². The Morgan fingerprint density at radius 1 is 0.970 bits per heavy atom. The number of fused-ring (bicyclic) bond motifs is 1. The topological polar surface area (TPSA) is 107 Å². The van der Waals surface area contributed by atoms with Crippen LogP contribution in [0.3, 0.4) is 0 Å². The molecule has 1 amide bonds. The second-order valence-electron chi connectivity index (χ2n) is 8.91. The zero-order chi connectivity index (χ0) is 22.4. The van der Waals surface area contributed by atoms with E-state index in [4.69, 9.17) is 30.2 Å². The molecule has 0 unspecified atom stereocenters. The Kier molecular flexibility index (Phi) is 4.88. The smallest absolute Gasteiger partial charge is 0.248 e. The zero-order valence-electron chi connectivity index (χ0n) is 18.4. The summed E-state index contributed by atoms with van der Waals surface area (Å²) in [6.07, 6.45) is 2.18. The number of carbonyl (C=O) groups is 1. The van der Waals surface area contributed by atoms with Gasteiger partial charge in [0.15, 0.2) is 5.65 Å². The number of nitrogens with zero attached hydrogens (tertiary/aromatic N) is 5. The standard InChI is InChI=1S/C24H26N6O3/c25-20(31)17-3-1-2-16(14-17)19-5-4-18-21(26-19)27-23(28-22(18)29-8-11-32-12-9-29)30-10-13-33-24(15-30)6-7-24/h1-5,14H,6-13,15H2,(H2,25,31). The van der Waals surface area contributed by atoms with Crippen molar-refractivity contribution in [1.82, 2.24) is 15.0 Å². The van der Waals surface area contributed by atoms with Gasteiger partial charge in [-0.05, 0) is 37.1 Å². The summed E-state index contributed by atoms with van der Waals surface area (Å²) in [5.41, 5.74) is 8.10. The molecule has 6 rings (SSSR count). The lowest BCUT2D eigenvalue weighted by Crippen LogP contribution is -2.45. The number of carbonyl (C=O) groups excluding carboxylic acids is 1. The minimum Gasteiger partial charge on any atom is -0.378 e. The number of hydrogen-bond acceptors (Lipinski definition) is 8. The fourth-order valence-electron chi connectivity index (χ4n) is 4.59. The van der Waals surface area contributed by atoms with Crippen molar-refractivity contribution in [3.05, 3.63) is 42.0 Å². The van der Waals surface area contributed by atoms with E-state index >= 15 is 0 Å². The van der Waals surface area contributed by atoms with Crippen molar-refractivity contribution in [1.29, 1.82) is 0 Å². The minimum atomic E-state index is -0.460. The van der Waals surface area contributed by atoms with Crippen LogP contribution in [0, 0.1) is 0 Å². The van der Waals surface area contributed by atoms with Crippen molar-refractivity contribution in [3.8, 4) is 11.3 Å². The Labute approximate surface area is 191 Å². The molecule has 1 saturated carbocycles. The Morgan fingerprint density at radius 2 is 1.79 bits per heavy atom. The van der Waals surface area contributed by atoms with Gasteiger partial charge >= 0.3 is 0 Å². The van der Waals surface area contributed by atoms with E-state index in [2.05, 4.69) is 9.80 Å². The largest absolute Gasteiger partial charge is 0.378 e. The van der Waals surface area contributed by atoms with E-state index in [9.17, 15) is 4.79 Å². The second kappa shape index (κ2) is 7.93. The van der Waals surface area contributed by atoms with E-state index in [0.717, 1.165) is 61.5 Å². The molecule has 9 nitrogen and oxygen atoms in total. The molecule has 2 aromatic heterocycles. The number of anilines is 2. The summed E-state index contributed by atoms with van der Waals surface area (Å²) in [4.78, 5) is 30.9. The van der Waals surface area contributed by atoms with Gasteiger partial charge in [0, 0.05) is 37.3 Å². The number of nitrogens with two attached hydrogens (primary N) is 1. The van der Waals surface area contributed by atoms with Gasteiger partial charge in [-0.15, -0.1) is 0 Å². The molecule has 9 heteroatoms. The number of ether oxygens (including phenoxy) is 2. The lowest BCUT2D eigenvalue weighted by Gasteiger charge is -2.34. The van der Waals surface area contributed by atoms with E-state index < -0.39 is 5.91 Å². The van der Waals surface area contributed by atoms with Gasteiger partial charge < -0.3 is 25.0 Å². The van der Waals surface area contributed by atoms with Crippen molar-refractivity contribution < 1.29 is 14.3 Å². The molecule has 3 fully saturated rings. The lowest BCUT2D eigenvalue weighted by atomic mass is 10.1. The molecular formula is C24H26N6O3. The first kappa shape index (κ1) is 20.3. The van der Waals surface area contributed by atoms with E-state index in [-0.39, 0.29) is 5.60 Å². The van der Waals surface area contributed by atoms with Crippen LogP contribution in [0.25, 0.3) is 22.3 Å². The maximum Gasteiger partial charge on any atom is 0.248 e. The summed E-state index contributed by atoms with van der Waals surface area (Å²) in [5, 5.41) is 0.907. The average Bonchev–Trinajstić information content (AvgIpc) is 3.61. The first-order valence-electron chi connectivity index (χ1n) is 11.4. The summed E-state index contributed by atoms with van der Waals surface area (Å²) in [6.45, 7) is 5.15. The molecule has 2 saturated heterocycles. The van der Waals surface area contributed by atoms with Crippen molar-refractivity contribution >= 4 is 28.7 Å². The van der Waals surface area contributed by atoms with Crippen LogP contribution in [-0.4, -0.2) is 72.5 Å². The van der Waals surface area contributed by atoms with E-state index in [1.54, 1.807) is 12.1 Å². The highest BCUT2D eigenvalue weighted by atomic mass is 16.5. The number of pyridine rings is 1. The molecule has 1 aliphatic carbocycles. The number of benzene rings is 1. The highest BCUT2D eigenvalue weighted by molar-refractivity contribution is 5.94. The number of hydrogen-bond donors (Lipinski definition) is 1. The van der Waals surface area contributed by atoms with E-state index in [0.29, 0.717) is 37.0 Å². The molecule has 1 spiro atoms. The summed E-state index contributed by atoms with van der Waals surface area (Å²) in [7, 11) is 0. The van der Waals surface area contributed by atoms with Crippen LogP contribution in [0.1, 0.15) is 23.2 Å². The number of aromatic nitrogens is 3. The summed E-state index contributed by atoms with van der Waals surface area (Å²) in [5.74, 6) is 1.12. The molecule has 2 N–H and O–H groups in total. The van der Waals surface area contributed by atoms with Crippen LogP contribution in [0.2, 0.25) is 0 Å². The third-order valence-electron chi connectivity index (χ3n) is 6.62. The lowest BCUT2D eigenvalue weighted by molar-refractivity contribution is 0.0201. The SMILES string of the molecule is NC(=O)c1cccc(-c2ccc3c(N4CCOCC4)nc(N4CCOC5(CC5)C4)nc3n2)c1. The zero-order valence-corrected chi connectivity index (χ0v) is 18.4. The van der Waals surface area contributed by atoms with Crippen LogP contribution in [-0.2, 0) is 9.47 Å². The fourth-order valence-corrected chi connectivity index (χ4v) is 4.59. The quantitative estimate of drug-likeness (QED) is 0.649. The van der Waals surface area contributed by atoms with E-state index in [1.165, 1.54) is 0 Å². The van der Waals surface area contributed by atoms with Gasteiger partial charge in [0.2, 0.25) is 11.9 Å². The molecule has 0 atom stereocenters. The molecule has 2 aliphatic heterocycles. The maximum absolute atomic E-state index is 11.6. The third-order valence-corrected chi connectivity index (χ3v) is 6.62. The number of rotatable bonds is 4. The third kappa shape index (κ3) is 3.87.